The third kappa shape index (κ3) is 3.45. The van der Waals surface area contributed by atoms with Crippen LogP contribution in [0.5, 0.6) is 0 Å². The molecule has 0 spiro atoms. The molecule has 0 radical (unpaired) electrons. The molecule has 1 aliphatic rings. The minimum absolute atomic E-state index is 0.116. The molecule has 0 aromatic heterocycles. The number of carbonyl (C=O) groups excluding carboxylic acids is 1. The van der Waals surface area contributed by atoms with Crippen molar-refractivity contribution in [2.45, 2.75) is 25.8 Å². The number of carbonyl (C=O) groups is 1. The van der Waals surface area contributed by atoms with E-state index in [9.17, 15) is 4.79 Å². The van der Waals surface area contributed by atoms with Crippen molar-refractivity contribution in [3.63, 3.8) is 0 Å². The lowest BCUT2D eigenvalue weighted by atomic mass is 10.0. The Morgan fingerprint density at radius 2 is 2.24 bits per heavy atom. The Kier molecular flexibility index (Phi) is 4.40. The molecule has 0 saturated carbocycles. The summed E-state index contributed by atoms with van der Waals surface area (Å²) >= 11 is 5.61. The average Bonchev–Trinajstić information content (AvgIpc) is 2.35. The number of amides is 1. The number of alkyl halides is 1. The Bertz CT molecular complexity index is 406. The van der Waals surface area contributed by atoms with Gasteiger partial charge in [0.15, 0.2) is 0 Å². The summed E-state index contributed by atoms with van der Waals surface area (Å²) in [6.07, 6.45) is 2.43. The molecule has 0 aliphatic carbocycles. The highest BCUT2D eigenvalue weighted by Crippen LogP contribution is 2.23. The second-order valence-electron chi connectivity index (χ2n) is 4.26. The first kappa shape index (κ1) is 12.4. The molecular weight excluding hydrogens is 236 g/mol. The normalized spacial score (nSPS) is 14.3. The van der Waals surface area contributed by atoms with Crippen LogP contribution in [0.3, 0.4) is 0 Å². The van der Waals surface area contributed by atoms with Gasteiger partial charge in [-0.15, -0.1) is 11.6 Å². The van der Waals surface area contributed by atoms with E-state index in [4.69, 9.17) is 11.6 Å². The fourth-order valence-electron chi connectivity index (χ4n) is 1.97. The lowest BCUT2D eigenvalue weighted by Gasteiger charge is -2.17. The predicted octanol–water partition coefficient (Wildman–Crippen LogP) is 2.29. The molecule has 1 aliphatic heterocycles. The number of hydrogen-bond acceptors (Lipinski definition) is 2. The van der Waals surface area contributed by atoms with Crippen LogP contribution in [0.1, 0.15) is 24.0 Å². The van der Waals surface area contributed by atoms with Crippen molar-refractivity contribution in [1.29, 1.82) is 0 Å². The molecule has 0 fully saturated rings. The lowest BCUT2D eigenvalue weighted by molar-refractivity contribution is -0.116. The Morgan fingerprint density at radius 1 is 1.35 bits per heavy atom. The summed E-state index contributed by atoms with van der Waals surface area (Å²) < 4.78 is 0. The Morgan fingerprint density at radius 3 is 3.06 bits per heavy atom. The van der Waals surface area contributed by atoms with Crippen molar-refractivity contribution < 1.29 is 4.79 Å². The van der Waals surface area contributed by atoms with Gasteiger partial charge in [-0.25, -0.2) is 0 Å². The van der Waals surface area contributed by atoms with Crippen molar-refractivity contribution in [2.24, 2.45) is 0 Å². The van der Waals surface area contributed by atoms with E-state index in [2.05, 4.69) is 22.8 Å². The van der Waals surface area contributed by atoms with Crippen LogP contribution in [-0.4, -0.2) is 18.3 Å². The van der Waals surface area contributed by atoms with Crippen molar-refractivity contribution in [3.05, 3.63) is 29.3 Å². The van der Waals surface area contributed by atoms with Crippen LogP contribution in [0.25, 0.3) is 0 Å². The maximum atomic E-state index is 11.2. The highest BCUT2D eigenvalue weighted by molar-refractivity contribution is 6.17. The van der Waals surface area contributed by atoms with E-state index in [1.165, 1.54) is 11.1 Å². The Hall–Kier alpha value is -1.06. The standard InChI is InChI=1S/C13H17ClN2O/c14-6-1-7-15-9-10-2-4-12-11(8-10)3-5-13(17)16-12/h2,4,8,15H,1,3,5-7,9H2,(H,16,17). The van der Waals surface area contributed by atoms with E-state index in [0.29, 0.717) is 12.3 Å². The smallest absolute Gasteiger partial charge is 0.224 e. The number of halogens is 1. The largest absolute Gasteiger partial charge is 0.326 e. The third-order valence-corrected chi connectivity index (χ3v) is 3.15. The Balaban J connectivity index is 1.94. The zero-order chi connectivity index (χ0) is 12.1. The van der Waals surface area contributed by atoms with Crippen LogP contribution >= 0.6 is 11.6 Å². The number of fused-ring (bicyclic) bond motifs is 1. The number of aryl methyl sites for hydroxylation is 1. The van der Waals surface area contributed by atoms with Gasteiger partial charge in [-0.1, -0.05) is 12.1 Å². The SMILES string of the molecule is O=C1CCc2cc(CNCCCCl)ccc2N1. The second kappa shape index (κ2) is 6.03. The molecule has 0 bridgehead atoms. The van der Waals surface area contributed by atoms with E-state index in [0.717, 1.165) is 31.6 Å². The van der Waals surface area contributed by atoms with Crippen LogP contribution in [0.2, 0.25) is 0 Å². The van der Waals surface area contributed by atoms with E-state index in [-0.39, 0.29) is 5.91 Å². The molecule has 1 aromatic carbocycles. The van der Waals surface area contributed by atoms with Crippen LogP contribution in [0.15, 0.2) is 18.2 Å². The molecule has 2 N–H and O–H groups in total. The van der Waals surface area contributed by atoms with Crippen LogP contribution in [0.4, 0.5) is 5.69 Å². The maximum absolute atomic E-state index is 11.2. The highest BCUT2D eigenvalue weighted by atomic mass is 35.5. The number of nitrogens with one attached hydrogen (secondary N) is 2. The van der Waals surface area contributed by atoms with Crippen molar-refractivity contribution in [3.8, 4) is 0 Å². The van der Waals surface area contributed by atoms with Gasteiger partial charge in [0, 0.05) is 24.5 Å². The lowest BCUT2D eigenvalue weighted by Crippen LogP contribution is -2.20. The van der Waals surface area contributed by atoms with Crippen molar-refractivity contribution in [2.75, 3.05) is 17.7 Å². The zero-order valence-corrected chi connectivity index (χ0v) is 10.5. The van der Waals surface area contributed by atoms with Gasteiger partial charge in [0.1, 0.15) is 0 Å². The number of anilines is 1. The van der Waals surface area contributed by atoms with E-state index >= 15 is 0 Å². The summed E-state index contributed by atoms with van der Waals surface area (Å²) in [4.78, 5) is 11.2. The van der Waals surface area contributed by atoms with Crippen molar-refractivity contribution in [1.82, 2.24) is 5.32 Å². The maximum Gasteiger partial charge on any atom is 0.224 e. The van der Waals surface area contributed by atoms with Crippen LogP contribution in [0, 0.1) is 0 Å². The van der Waals surface area contributed by atoms with Gasteiger partial charge in [-0.3, -0.25) is 4.79 Å². The molecule has 2 rings (SSSR count). The summed E-state index contributed by atoms with van der Waals surface area (Å²) in [7, 11) is 0. The average molecular weight is 253 g/mol. The topological polar surface area (TPSA) is 41.1 Å². The number of benzene rings is 1. The number of rotatable bonds is 5. The molecule has 0 atom stereocenters. The third-order valence-electron chi connectivity index (χ3n) is 2.88. The van der Waals surface area contributed by atoms with E-state index in [1.807, 2.05) is 6.07 Å². The first-order chi connectivity index (χ1) is 8.29. The molecule has 17 heavy (non-hydrogen) atoms. The fraction of sp³-hybridized carbons (Fsp3) is 0.462. The van der Waals surface area contributed by atoms with E-state index < -0.39 is 0 Å². The first-order valence-corrected chi connectivity index (χ1v) is 6.51. The van der Waals surface area contributed by atoms with Gasteiger partial charge in [0.25, 0.3) is 0 Å². The summed E-state index contributed by atoms with van der Waals surface area (Å²) in [5.74, 6) is 0.814. The molecular formula is C13H17ClN2O. The molecule has 92 valence electrons. The molecule has 3 nitrogen and oxygen atoms in total. The summed E-state index contributed by atoms with van der Waals surface area (Å²) in [5.41, 5.74) is 3.46. The van der Waals surface area contributed by atoms with Gasteiger partial charge in [0.05, 0.1) is 0 Å². The second-order valence-corrected chi connectivity index (χ2v) is 4.64. The Labute approximate surface area is 107 Å². The van der Waals surface area contributed by atoms with Crippen LogP contribution in [-0.2, 0) is 17.8 Å². The van der Waals surface area contributed by atoms with Gasteiger partial charge < -0.3 is 10.6 Å². The highest BCUT2D eigenvalue weighted by Gasteiger charge is 2.14. The molecule has 0 unspecified atom stereocenters. The van der Waals surface area contributed by atoms with Gasteiger partial charge in [-0.2, -0.15) is 0 Å². The quantitative estimate of drug-likeness (QED) is 0.624. The summed E-state index contributed by atoms with van der Waals surface area (Å²) in [6, 6.07) is 6.21. The zero-order valence-electron chi connectivity index (χ0n) is 9.76. The molecule has 1 amide bonds. The summed E-state index contributed by atoms with van der Waals surface area (Å²) in [5, 5.41) is 6.23. The first-order valence-electron chi connectivity index (χ1n) is 5.98. The fourth-order valence-corrected chi connectivity index (χ4v) is 2.10. The summed E-state index contributed by atoms with van der Waals surface area (Å²) in [6.45, 7) is 1.80. The minimum atomic E-state index is 0.116. The minimum Gasteiger partial charge on any atom is -0.326 e. The predicted molar refractivity (Wildman–Crippen MR) is 70.4 cm³/mol. The van der Waals surface area contributed by atoms with E-state index in [1.54, 1.807) is 0 Å². The van der Waals surface area contributed by atoms with Gasteiger partial charge in [0.2, 0.25) is 5.91 Å². The molecule has 4 heteroatoms. The molecule has 1 heterocycles. The molecule has 1 aromatic rings. The van der Waals surface area contributed by atoms with Gasteiger partial charge in [-0.05, 0) is 36.6 Å². The van der Waals surface area contributed by atoms with Crippen LogP contribution < -0.4 is 10.6 Å². The van der Waals surface area contributed by atoms with Crippen molar-refractivity contribution >= 4 is 23.2 Å². The monoisotopic (exact) mass is 252 g/mol. The number of hydrogen-bond donors (Lipinski definition) is 2. The van der Waals surface area contributed by atoms with Gasteiger partial charge >= 0.3 is 0 Å². The molecule has 0 saturated heterocycles.